The number of benzene rings is 1. The Labute approximate surface area is 134 Å². The summed E-state index contributed by atoms with van der Waals surface area (Å²) in [6, 6.07) is 12.3. The lowest BCUT2D eigenvalue weighted by atomic mass is 10.1. The first kappa shape index (κ1) is 15.9. The van der Waals surface area contributed by atoms with Crippen LogP contribution in [0.4, 0.5) is 0 Å². The zero-order valence-corrected chi connectivity index (χ0v) is 13.8. The van der Waals surface area contributed by atoms with Crippen molar-refractivity contribution < 1.29 is 9.47 Å². The highest BCUT2D eigenvalue weighted by atomic mass is 16.7. The Morgan fingerprint density at radius 2 is 1.77 bits per heavy atom. The third-order valence-electron chi connectivity index (χ3n) is 5.16. The van der Waals surface area contributed by atoms with E-state index in [2.05, 4.69) is 40.1 Å². The average molecular weight is 304 g/mol. The molecule has 2 saturated heterocycles. The van der Waals surface area contributed by atoms with Crippen LogP contribution in [0.25, 0.3) is 0 Å². The average Bonchev–Trinajstić information content (AvgIpc) is 2.82. The Morgan fingerprint density at radius 3 is 2.50 bits per heavy atom. The van der Waals surface area contributed by atoms with E-state index in [0.717, 1.165) is 32.2 Å². The molecule has 3 rings (SSSR count). The van der Waals surface area contributed by atoms with Crippen LogP contribution in [0.3, 0.4) is 0 Å². The molecule has 0 saturated carbocycles. The maximum atomic E-state index is 5.37. The molecule has 2 heterocycles. The molecule has 0 aliphatic carbocycles. The van der Waals surface area contributed by atoms with Crippen molar-refractivity contribution in [1.29, 1.82) is 0 Å². The Balaban J connectivity index is 1.63. The van der Waals surface area contributed by atoms with E-state index in [1.54, 1.807) is 14.2 Å². The fourth-order valence-corrected chi connectivity index (χ4v) is 3.92. The smallest absolute Gasteiger partial charge is 0.169 e. The van der Waals surface area contributed by atoms with Crippen LogP contribution in [0.2, 0.25) is 0 Å². The SMILES string of the molecule is COC(CN1CCC2CCC(C1)N2Cc1ccccc1)OC. The zero-order valence-electron chi connectivity index (χ0n) is 13.8. The summed E-state index contributed by atoms with van der Waals surface area (Å²) in [4.78, 5) is 5.24. The van der Waals surface area contributed by atoms with Gasteiger partial charge in [-0.3, -0.25) is 9.80 Å². The lowest BCUT2D eigenvalue weighted by Gasteiger charge is -2.30. The number of likely N-dealkylation sites (tertiary alicyclic amines) is 1. The van der Waals surface area contributed by atoms with Crippen LogP contribution in [0.5, 0.6) is 0 Å². The number of hydrogen-bond acceptors (Lipinski definition) is 4. The van der Waals surface area contributed by atoms with Crippen molar-refractivity contribution in [3.63, 3.8) is 0 Å². The van der Waals surface area contributed by atoms with Crippen molar-refractivity contribution in [3.05, 3.63) is 35.9 Å². The van der Waals surface area contributed by atoms with E-state index in [0.29, 0.717) is 6.04 Å². The van der Waals surface area contributed by atoms with Crippen molar-refractivity contribution in [2.24, 2.45) is 0 Å². The predicted octanol–water partition coefficient (Wildman–Crippen LogP) is 2.34. The molecule has 0 N–H and O–H groups in total. The fourth-order valence-electron chi connectivity index (χ4n) is 3.92. The van der Waals surface area contributed by atoms with Gasteiger partial charge < -0.3 is 9.47 Å². The van der Waals surface area contributed by atoms with Crippen LogP contribution in [0.15, 0.2) is 30.3 Å². The van der Waals surface area contributed by atoms with Gasteiger partial charge in [0.1, 0.15) is 0 Å². The molecular weight excluding hydrogens is 276 g/mol. The van der Waals surface area contributed by atoms with E-state index in [9.17, 15) is 0 Å². The number of ether oxygens (including phenoxy) is 2. The molecule has 2 atom stereocenters. The van der Waals surface area contributed by atoms with Gasteiger partial charge in [-0.15, -0.1) is 0 Å². The molecule has 0 amide bonds. The Morgan fingerprint density at radius 1 is 1.05 bits per heavy atom. The summed E-state index contributed by atoms with van der Waals surface area (Å²) >= 11 is 0. The topological polar surface area (TPSA) is 24.9 Å². The molecule has 4 nitrogen and oxygen atoms in total. The van der Waals surface area contributed by atoms with Gasteiger partial charge in [0.05, 0.1) is 0 Å². The van der Waals surface area contributed by atoms with Crippen LogP contribution in [0, 0.1) is 0 Å². The lowest BCUT2D eigenvalue weighted by molar-refractivity contribution is -0.116. The normalized spacial score (nSPS) is 26.5. The van der Waals surface area contributed by atoms with E-state index in [4.69, 9.17) is 9.47 Å². The summed E-state index contributed by atoms with van der Waals surface area (Å²) in [5.74, 6) is 0. The number of hydrogen-bond donors (Lipinski definition) is 0. The first-order chi connectivity index (χ1) is 10.8. The molecular formula is C18H28N2O2. The molecule has 22 heavy (non-hydrogen) atoms. The highest BCUT2D eigenvalue weighted by molar-refractivity contribution is 5.15. The van der Waals surface area contributed by atoms with E-state index in [-0.39, 0.29) is 6.29 Å². The van der Waals surface area contributed by atoms with Gasteiger partial charge in [0.2, 0.25) is 0 Å². The minimum Gasteiger partial charge on any atom is -0.355 e. The van der Waals surface area contributed by atoms with E-state index in [1.807, 2.05) is 0 Å². The van der Waals surface area contributed by atoms with Crippen molar-refractivity contribution in [2.75, 3.05) is 33.9 Å². The first-order valence-corrected chi connectivity index (χ1v) is 8.37. The zero-order chi connectivity index (χ0) is 15.4. The van der Waals surface area contributed by atoms with Crippen LogP contribution >= 0.6 is 0 Å². The van der Waals surface area contributed by atoms with Gasteiger partial charge in [0.25, 0.3) is 0 Å². The third-order valence-corrected chi connectivity index (χ3v) is 5.16. The fraction of sp³-hybridized carbons (Fsp3) is 0.667. The third kappa shape index (κ3) is 3.69. The highest BCUT2D eigenvalue weighted by Crippen LogP contribution is 2.31. The maximum absolute atomic E-state index is 5.37. The van der Waals surface area contributed by atoms with Gasteiger partial charge in [0.15, 0.2) is 6.29 Å². The first-order valence-electron chi connectivity index (χ1n) is 8.37. The second-order valence-corrected chi connectivity index (χ2v) is 6.49. The summed E-state index contributed by atoms with van der Waals surface area (Å²) in [5.41, 5.74) is 1.43. The number of fused-ring (bicyclic) bond motifs is 2. The van der Waals surface area contributed by atoms with Gasteiger partial charge in [-0.25, -0.2) is 0 Å². The minimum absolute atomic E-state index is 0.112. The molecule has 2 unspecified atom stereocenters. The van der Waals surface area contributed by atoms with E-state index < -0.39 is 0 Å². The van der Waals surface area contributed by atoms with Crippen molar-refractivity contribution >= 4 is 0 Å². The van der Waals surface area contributed by atoms with Crippen LogP contribution < -0.4 is 0 Å². The monoisotopic (exact) mass is 304 g/mol. The molecule has 1 aromatic rings. The van der Waals surface area contributed by atoms with Crippen LogP contribution in [0.1, 0.15) is 24.8 Å². The van der Waals surface area contributed by atoms with Crippen molar-refractivity contribution in [1.82, 2.24) is 9.80 Å². The standard InChI is InChI=1S/C18H28N2O2/c1-21-18(22-2)14-19-11-10-16-8-9-17(13-19)20(16)12-15-6-4-3-5-7-15/h3-7,16-18H,8-14H2,1-2H3. The Bertz CT molecular complexity index is 450. The summed E-state index contributed by atoms with van der Waals surface area (Å²) in [7, 11) is 3.44. The molecule has 2 bridgehead atoms. The second kappa shape index (κ2) is 7.55. The Kier molecular flexibility index (Phi) is 5.47. The molecule has 0 radical (unpaired) electrons. The van der Waals surface area contributed by atoms with Crippen molar-refractivity contribution in [3.8, 4) is 0 Å². The number of rotatable bonds is 6. The van der Waals surface area contributed by atoms with Gasteiger partial charge in [-0.05, 0) is 31.4 Å². The summed E-state index contributed by atoms with van der Waals surface area (Å²) < 4.78 is 10.7. The molecule has 122 valence electrons. The van der Waals surface area contributed by atoms with E-state index in [1.165, 1.54) is 24.8 Å². The number of methoxy groups -OCH3 is 2. The summed E-state index contributed by atoms with van der Waals surface area (Å²) in [6.45, 7) is 4.24. The molecule has 2 aliphatic rings. The van der Waals surface area contributed by atoms with Crippen molar-refractivity contribution in [2.45, 2.75) is 44.2 Å². The molecule has 4 heteroatoms. The highest BCUT2D eigenvalue weighted by Gasteiger charge is 2.37. The second-order valence-electron chi connectivity index (χ2n) is 6.49. The minimum atomic E-state index is -0.112. The van der Waals surface area contributed by atoms with Gasteiger partial charge in [-0.1, -0.05) is 30.3 Å². The quantitative estimate of drug-likeness (QED) is 0.753. The molecule has 2 aliphatic heterocycles. The molecule has 0 aromatic heterocycles. The van der Waals surface area contributed by atoms with Gasteiger partial charge in [-0.2, -0.15) is 0 Å². The lowest BCUT2D eigenvalue weighted by Crippen LogP contribution is -2.41. The maximum Gasteiger partial charge on any atom is 0.169 e. The predicted molar refractivity (Wildman–Crippen MR) is 87.7 cm³/mol. The molecule has 0 spiro atoms. The number of nitrogens with zero attached hydrogens (tertiary/aromatic N) is 2. The van der Waals surface area contributed by atoms with E-state index >= 15 is 0 Å². The van der Waals surface area contributed by atoms with Crippen LogP contribution in [-0.2, 0) is 16.0 Å². The van der Waals surface area contributed by atoms with Crippen LogP contribution in [-0.4, -0.2) is 62.0 Å². The largest absolute Gasteiger partial charge is 0.355 e. The molecule has 1 aromatic carbocycles. The summed E-state index contributed by atoms with van der Waals surface area (Å²) in [6.07, 6.45) is 3.81. The molecule has 2 fully saturated rings. The Hall–Kier alpha value is -0.940. The summed E-state index contributed by atoms with van der Waals surface area (Å²) in [5, 5.41) is 0. The van der Waals surface area contributed by atoms with Gasteiger partial charge in [0, 0.05) is 45.9 Å². The van der Waals surface area contributed by atoms with Gasteiger partial charge >= 0.3 is 0 Å².